The molecule has 124 valence electrons. The van der Waals surface area contributed by atoms with Crippen molar-refractivity contribution in [2.75, 3.05) is 19.0 Å². The third-order valence-corrected chi connectivity index (χ3v) is 4.26. The molecule has 4 aromatic rings. The lowest BCUT2D eigenvalue weighted by Gasteiger charge is -2.11. The van der Waals surface area contributed by atoms with Crippen molar-refractivity contribution in [3.8, 4) is 22.5 Å². The van der Waals surface area contributed by atoms with Crippen LogP contribution in [-0.2, 0) is 7.05 Å². The van der Waals surface area contributed by atoms with Crippen molar-refractivity contribution < 1.29 is 0 Å². The maximum atomic E-state index is 4.57. The molecule has 0 radical (unpaired) electrons. The van der Waals surface area contributed by atoms with Crippen LogP contribution >= 0.6 is 0 Å². The number of fused-ring (bicyclic) bond motifs is 1. The maximum absolute atomic E-state index is 4.57. The molecule has 2 heterocycles. The zero-order chi connectivity index (χ0) is 17.4. The minimum absolute atomic E-state index is 0.722. The lowest BCUT2D eigenvalue weighted by molar-refractivity contribution is 0.925. The molecular weight excluding hydrogens is 310 g/mol. The maximum Gasteiger partial charge on any atom is 0.225 e. The average molecular weight is 329 g/mol. The van der Waals surface area contributed by atoms with Gasteiger partial charge in [0.15, 0.2) is 0 Å². The monoisotopic (exact) mass is 329 g/mol. The van der Waals surface area contributed by atoms with Crippen molar-refractivity contribution in [1.29, 1.82) is 0 Å². The fourth-order valence-electron chi connectivity index (χ4n) is 2.87. The van der Waals surface area contributed by atoms with Gasteiger partial charge in [0, 0.05) is 50.7 Å². The normalized spacial score (nSPS) is 11.0. The zero-order valence-corrected chi connectivity index (χ0v) is 14.5. The Morgan fingerprint density at radius 2 is 1.60 bits per heavy atom. The van der Waals surface area contributed by atoms with Crippen LogP contribution in [0.25, 0.3) is 33.4 Å². The van der Waals surface area contributed by atoms with Gasteiger partial charge in [0.05, 0.1) is 5.52 Å². The van der Waals surface area contributed by atoms with Crippen molar-refractivity contribution >= 4 is 16.9 Å². The van der Waals surface area contributed by atoms with E-state index in [9.17, 15) is 0 Å². The van der Waals surface area contributed by atoms with E-state index in [2.05, 4.69) is 51.4 Å². The van der Waals surface area contributed by atoms with Gasteiger partial charge in [-0.3, -0.25) is 0 Å². The second-order valence-corrected chi connectivity index (χ2v) is 6.28. The molecule has 25 heavy (non-hydrogen) atoms. The standard InChI is InChI=1S/C20H19N5/c1-24(2)20-22-13-17-12-16(8-9-18(17)23-20)14-4-6-15(7-5-14)19-21-10-11-25(19)3/h4-13H,1-3H3. The van der Waals surface area contributed by atoms with Gasteiger partial charge in [0.1, 0.15) is 5.82 Å². The Morgan fingerprint density at radius 1 is 0.880 bits per heavy atom. The average Bonchev–Trinajstić information content (AvgIpc) is 3.07. The number of benzene rings is 2. The number of rotatable bonds is 3. The third-order valence-electron chi connectivity index (χ3n) is 4.26. The number of hydrogen-bond donors (Lipinski definition) is 0. The van der Waals surface area contributed by atoms with Crippen molar-refractivity contribution in [3.63, 3.8) is 0 Å². The summed E-state index contributed by atoms with van der Waals surface area (Å²) < 4.78 is 2.02. The van der Waals surface area contributed by atoms with Gasteiger partial charge in [-0.1, -0.05) is 30.3 Å². The summed E-state index contributed by atoms with van der Waals surface area (Å²) in [5.74, 6) is 1.69. The summed E-state index contributed by atoms with van der Waals surface area (Å²) in [4.78, 5) is 15.3. The van der Waals surface area contributed by atoms with E-state index < -0.39 is 0 Å². The quantitative estimate of drug-likeness (QED) is 0.574. The third kappa shape index (κ3) is 2.85. The van der Waals surface area contributed by atoms with Crippen LogP contribution in [0.1, 0.15) is 0 Å². The van der Waals surface area contributed by atoms with E-state index in [1.54, 1.807) is 0 Å². The molecule has 2 aromatic heterocycles. The molecule has 2 aromatic carbocycles. The Bertz CT molecular complexity index is 1030. The van der Waals surface area contributed by atoms with E-state index in [1.165, 1.54) is 0 Å². The molecule has 5 nitrogen and oxygen atoms in total. The highest BCUT2D eigenvalue weighted by molar-refractivity contribution is 5.84. The number of imidazole rings is 1. The smallest absolute Gasteiger partial charge is 0.225 e. The van der Waals surface area contributed by atoms with Crippen LogP contribution in [0, 0.1) is 0 Å². The minimum atomic E-state index is 0.722. The van der Waals surface area contributed by atoms with Crippen LogP contribution < -0.4 is 4.90 Å². The van der Waals surface area contributed by atoms with Gasteiger partial charge in [-0.15, -0.1) is 0 Å². The molecule has 0 unspecified atom stereocenters. The summed E-state index contributed by atoms with van der Waals surface area (Å²) >= 11 is 0. The van der Waals surface area contributed by atoms with E-state index in [-0.39, 0.29) is 0 Å². The molecule has 5 heteroatoms. The zero-order valence-electron chi connectivity index (χ0n) is 14.5. The highest BCUT2D eigenvalue weighted by Crippen LogP contribution is 2.26. The first-order valence-electron chi connectivity index (χ1n) is 8.14. The topological polar surface area (TPSA) is 46.8 Å². The largest absolute Gasteiger partial charge is 0.347 e. The van der Waals surface area contributed by atoms with E-state index in [4.69, 9.17) is 0 Å². The Hall–Kier alpha value is -3.21. The number of anilines is 1. The van der Waals surface area contributed by atoms with Crippen molar-refractivity contribution in [3.05, 3.63) is 61.1 Å². The lowest BCUT2D eigenvalue weighted by Crippen LogP contribution is -2.12. The first-order chi connectivity index (χ1) is 12.1. The molecular formula is C20H19N5. The SMILES string of the molecule is CN(C)c1ncc2cc(-c3ccc(-c4nccn4C)cc3)ccc2n1. The highest BCUT2D eigenvalue weighted by Gasteiger charge is 2.06. The summed E-state index contributed by atoms with van der Waals surface area (Å²) in [6, 6.07) is 14.7. The van der Waals surface area contributed by atoms with Crippen LogP contribution in [-0.4, -0.2) is 33.6 Å². The summed E-state index contributed by atoms with van der Waals surface area (Å²) in [6.07, 6.45) is 5.65. The molecule has 0 bridgehead atoms. The van der Waals surface area contributed by atoms with Crippen molar-refractivity contribution in [1.82, 2.24) is 19.5 Å². The molecule has 0 aliphatic rings. The Labute approximate surface area is 146 Å². The number of aryl methyl sites for hydroxylation is 1. The first-order valence-corrected chi connectivity index (χ1v) is 8.14. The molecule has 0 saturated heterocycles. The Balaban J connectivity index is 1.69. The second-order valence-electron chi connectivity index (χ2n) is 6.28. The van der Waals surface area contributed by atoms with Gasteiger partial charge in [-0.2, -0.15) is 0 Å². The van der Waals surface area contributed by atoms with Crippen LogP contribution in [0.5, 0.6) is 0 Å². The summed E-state index contributed by atoms with van der Waals surface area (Å²) in [6.45, 7) is 0. The molecule has 0 aliphatic carbocycles. The molecule has 0 spiro atoms. The van der Waals surface area contributed by atoms with Gasteiger partial charge in [0.25, 0.3) is 0 Å². The Kier molecular flexibility index (Phi) is 3.69. The van der Waals surface area contributed by atoms with Crippen LogP contribution in [0.4, 0.5) is 5.95 Å². The molecule has 0 amide bonds. The van der Waals surface area contributed by atoms with Crippen LogP contribution in [0.2, 0.25) is 0 Å². The van der Waals surface area contributed by atoms with E-state index in [0.717, 1.165) is 39.4 Å². The second kappa shape index (κ2) is 6.02. The molecule has 0 atom stereocenters. The van der Waals surface area contributed by atoms with E-state index in [1.807, 2.05) is 55.3 Å². The molecule has 0 N–H and O–H groups in total. The summed E-state index contributed by atoms with van der Waals surface area (Å²) in [5.41, 5.74) is 4.37. The number of nitrogens with zero attached hydrogens (tertiary/aromatic N) is 5. The van der Waals surface area contributed by atoms with Gasteiger partial charge < -0.3 is 9.47 Å². The molecule has 0 fully saturated rings. The molecule has 0 saturated carbocycles. The van der Waals surface area contributed by atoms with Gasteiger partial charge >= 0.3 is 0 Å². The fourth-order valence-corrected chi connectivity index (χ4v) is 2.87. The first kappa shape index (κ1) is 15.3. The summed E-state index contributed by atoms with van der Waals surface area (Å²) in [7, 11) is 5.89. The summed E-state index contributed by atoms with van der Waals surface area (Å²) in [5, 5.41) is 1.04. The van der Waals surface area contributed by atoms with Gasteiger partial charge in [0.2, 0.25) is 5.95 Å². The van der Waals surface area contributed by atoms with Crippen LogP contribution in [0.3, 0.4) is 0 Å². The number of aromatic nitrogens is 4. The molecule has 4 rings (SSSR count). The molecule has 0 aliphatic heterocycles. The van der Waals surface area contributed by atoms with Crippen molar-refractivity contribution in [2.24, 2.45) is 7.05 Å². The van der Waals surface area contributed by atoms with Gasteiger partial charge in [-0.05, 0) is 23.3 Å². The van der Waals surface area contributed by atoms with E-state index >= 15 is 0 Å². The predicted octanol–water partition coefficient (Wildman–Crippen LogP) is 3.76. The predicted molar refractivity (Wildman–Crippen MR) is 102 cm³/mol. The van der Waals surface area contributed by atoms with Crippen molar-refractivity contribution in [2.45, 2.75) is 0 Å². The number of hydrogen-bond acceptors (Lipinski definition) is 4. The Morgan fingerprint density at radius 3 is 2.28 bits per heavy atom. The fraction of sp³-hybridized carbons (Fsp3) is 0.150. The lowest BCUT2D eigenvalue weighted by atomic mass is 10.0. The minimum Gasteiger partial charge on any atom is -0.347 e. The van der Waals surface area contributed by atoms with E-state index in [0.29, 0.717) is 0 Å². The highest BCUT2D eigenvalue weighted by atomic mass is 15.2. The van der Waals surface area contributed by atoms with Crippen LogP contribution in [0.15, 0.2) is 61.1 Å². The van der Waals surface area contributed by atoms with Gasteiger partial charge in [-0.25, -0.2) is 15.0 Å².